The molecule has 0 amide bonds. The Bertz CT molecular complexity index is 1780. The summed E-state index contributed by atoms with van der Waals surface area (Å²) < 4.78 is 7.94. The molecule has 0 aliphatic rings. The number of furan rings is 1. The second-order valence-corrected chi connectivity index (χ2v) is 7.91. The molecule has 4 aromatic carbocycles. The molecule has 0 fully saturated rings. The molecule has 0 atom stereocenters. The second-order valence-electron chi connectivity index (χ2n) is 7.91. The number of aromatic nitrogens is 3. The Balaban J connectivity index is 1.64. The number of fused-ring (bicyclic) bond motifs is 6. The summed E-state index contributed by atoms with van der Waals surface area (Å²) in [5.41, 5.74) is 5.46. The summed E-state index contributed by atoms with van der Waals surface area (Å²) >= 11 is 0. The van der Waals surface area contributed by atoms with Crippen molar-refractivity contribution in [2.24, 2.45) is 0 Å². The van der Waals surface area contributed by atoms with E-state index in [0.717, 1.165) is 27.8 Å². The van der Waals surface area contributed by atoms with Gasteiger partial charge in [0, 0.05) is 22.4 Å². The number of nitrogens with zero attached hydrogens (tertiary/aromatic N) is 3. The molecule has 0 saturated carbocycles. The van der Waals surface area contributed by atoms with Gasteiger partial charge >= 0.3 is 0 Å². The Morgan fingerprint density at radius 2 is 1.41 bits per heavy atom. The maximum atomic E-state index is 5.77. The molecule has 0 spiro atoms. The highest BCUT2D eigenvalue weighted by Crippen LogP contribution is 2.37. The van der Waals surface area contributed by atoms with Crippen LogP contribution in [-0.4, -0.2) is 14.5 Å². The van der Waals surface area contributed by atoms with Crippen molar-refractivity contribution < 1.29 is 4.42 Å². The monoisotopic (exact) mass is 411 g/mol. The van der Waals surface area contributed by atoms with Gasteiger partial charge in [0.05, 0.1) is 17.3 Å². The van der Waals surface area contributed by atoms with Crippen LogP contribution in [0.5, 0.6) is 0 Å². The van der Waals surface area contributed by atoms with E-state index in [-0.39, 0.29) is 0 Å². The molecule has 4 heteroatoms. The molecular weight excluding hydrogens is 394 g/mol. The molecule has 0 N–H and O–H groups in total. The van der Waals surface area contributed by atoms with Crippen molar-refractivity contribution in [3.8, 4) is 17.2 Å². The first kappa shape index (κ1) is 17.3. The van der Waals surface area contributed by atoms with Crippen LogP contribution in [-0.2, 0) is 0 Å². The SMILES string of the molecule is c1ccc(-c2nc(-n3c4ccccc4c4c5ccccc5ccc43)nc3ccoc23)cc1. The summed E-state index contributed by atoms with van der Waals surface area (Å²) in [6.45, 7) is 0. The van der Waals surface area contributed by atoms with Crippen molar-refractivity contribution in [3.63, 3.8) is 0 Å². The van der Waals surface area contributed by atoms with Gasteiger partial charge in [0.25, 0.3) is 0 Å². The van der Waals surface area contributed by atoms with Gasteiger partial charge in [0.1, 0.15) is 11.2 Å². The lowest BCUT2D eigenvalue weighted by atomic mass is 10.0. The fourth-order valence-electron chi connectivity index (χ4n) is 4.70. The van der Waals surface area contributed by atoms with E-state index in [1.54, 1.807) is 6.26 Å². The molecule has 3 aromatic heterocycles. The minimum atomic E-state index is 0.638. The lowest BCUT2D eigenvalue weighted by Gasteiger charge is -2.09. The van der Waals surface area contributed by atoms with Crippen LogP contribution in [0.4, 0.5) is 0 Å². The van der Waals surface area contributed by atoms with Crippen molar-refractivity contribution in [1.82, 2.24) is 14.5 Å². The third-order valence-corrected chi connectivity index (χ3v) is 6.10. The standard InChI is InChI=1S/C28H17N3O/c1-2-9-19(10-3-1)26-27-22(16-17-32-27)29-28(30-26)31-23-13-7-6-12-21(23)25-20-11-5-4-8-18(20)14-15-24(25)31/h1-17H. The molecular formula is C28H17N3O. The Kier molecular flexibility index (Phi) is 3.52. The van der Waals surface area contributed by atoms with Crippen LogP contribution < -0.4 is 0 Å². The minimum Gasteiger partial charge on any atom is -0.460 e. The molecule has 7 aromatic rings. The predicted molar refractivity (Wildman–Crippen MR) is 129 cm³/mol. The molecule has 32 heavy (non-hydrogen) atoms. The van der Waals surface area contributed by atoms with Crippen LogP contribution in [0, 0.1) is 0 Å². The van der Waals surface area contributed by atoms with E-state index >= 15 is 0 Å². The first-order valence-corrected chi connectivity index (χ1v) is 10.6. The second kappa shape index (κ2) is 6.53. The number of hydrogen-bond donors (Lipinski definition) is 0. The van der Waals surface area contributed by atoms with E-state index in [4.69, 9.17) is 14.4 Å². The van der Waals surface area contributed by atoms with Crippen LogP contribution >= 0.6 is 0 Å². The normalized spacial score (nSPS) is 11.8. The summed E-state index contributed by atoms with van der Waals surface area (Å²) in [5.74, 6) is 0.638. The first-order chi connectivity index (χ1) is 15.9. The van der Waals surface area contributed by atoms with Crippen molar-refractivity contribution in [3.05, 3.63) is 103 Å². The van der Waals surface area contributed by atoms with Crippen LogP contribution in [0.2, 0.25) is 0 Å². The van der Waals surface area contributed by atoms with Crippen LogP contribution in [0.1, 0.15) is 0 Å². The zero-order valence-electron chi connectivity index (χ0n) is 17.1. The van der Waals surface area contributed by atoms with Gasteiger partial charge < -0.3 is 4.42 Å². The molecule has 0 aliphatic heterocycles. The maximum Gasteiger partial charge on any atom is 0.236 e. The van der Waals surface area contributed by atoms with E-state index in [9.17, 15) is 0 Å². The number of para-hydroxylation sites is 1. The third kappa shape index (κ3) is 2.38. The highest BCUT2D eigenvalue weighted by atomic mass is 16.3. The predicted octanol–water partition coefficient (Wildman–Crippen LogP) is 7.14. The van der Waals surface area contributed by atoms with Gasteiger partial charge in [-0.05, 0) is 22.9 Å². The molecule has 7 rings (SSSR count). The quantitative estimate of drug-likeness (QED) is 0.304. The first-order valence-electron chi connectivity index (χ1n) is 10.6. The molecule has 3 heterocycles. The molecule has 0 bridgehead atoms. The maximum absolute atomic E-state index is 5.77. The van der Waals surface area contributed by atoms with E-state index in [1.165, 1.54) is 21.5 Å². The summed E-state index contributed by atoms with van der Waals surface area (Å²) in [6.07, 6.45) is 1.68. The average molecular weight is 411 g/mol. The van der Waals surface area contributed by atoms with E-state index < -0.39 is 0 Å². The zero-order valence-corrected chi connectivity index (χ0v) is 17.1. The highest BCUT2D eigenvalue weighted by molar-refractivity contribution is 6.21. The minimum absolute atomic E-state index is 0.638. The van der Waals surface area contributed by atoms with Gasteiger partial charge in [-0.2, -0.15) is 0 Å². The molecule has 4 nitrogen and oxygen atoms in total. The van der Waals surface area contributed by atoms with Crippen molar-refractivity contribution >= 4 is 43.7 Å². The molecule has 0 saturated heterocycles. The van der Waals surface area contributed by atoms with Gasteiger partial charge in [-0.15, -0.1) is 0 Å². The summed E-state index contributed by atoms with van der Waals surface area (Å²) in [5, 5.41) is 4.86. The number of hydrogen-bond acceptors (Lipinski definition) is 3. The van der Waals surface area contributed by atoms with Crippen LogP contribution in [0.3, 0.4) is 0 Å². The Labute approximate surface area is 183 Å². The number of rotatable bonds is 2. The summed E-state index contributed by atoms with van der Waals surface area (Å²) in [6, 6.07) is 33.3. The van der Waals surface area contributed by atoms with Gasteiger partial charge in [-0.25, -0.2) is 9.97 Å². The lowest BCUT2D eigenvalue weighted by molar-refractivity contribution is 0.614. The lowest BCUT2D eigenvalue weighted by Crippen LogP contribution is -2.02. The molecule has 0 unspecified atom stereocenters. The Morgan fingerprint density at radius 3 is 2.31 bits per heavy atom. The number of benzene rings is 4. The average Bonchev–Trinajstić information content (AvgIpc) is 3.46. The fourth-order valence-corrected chi connectivity index (χ4v) is 4.70. The van der Waals surface area contributed by atoms with Gasteiger partial charge in [-0.3, -0.25) is 4.57 Å². The fraction of sp³-hybridized carbons (Fsp3) is 0. The van der Waals surface area contributed by atoms with E-state index in [1.807, 2.05) is 36.4 Å². The molecule has 0 aliphatic carbocycles. The topological polar surface area (TPSA) is 43.9 Å². The third-order valence-electron chi connectivity index (χ3n) is 6.10. The molecule has 0 radical (unpaired) electrons. The van der Waals surface area contributed by atoms with Gasteiger partial charge in [-0.1, -0.05) is 78.9 Å². The highest BCUT2D eigenvalue weighted by Gasteiger charge is 2.19. The van der Waals surface area contributed by atoms with E-state index in [2.05, 4.69) is 65.2 Å². The largest absolute Gasteiger partial charge is 0.460 e. The van der Waals surface area contributed by atoms with Crippen molar-refractivity contribution in [2.45, 2.75) is 0 Å². The van der Waals surface area contributed by atoms with Crippen molar-refractivity contribution in [2.75, 3.05) is 0 Å². The summed E-state index contributed by atoms with van der Waals surface area (Å²) in [4.78, 5) is 9.93. The van der Waals surface area contributed by atoms with Crippen LogP contribution in [0.15, 0.2) is 108 Å². The smallest absolute Gasteiger partial charge is 0.236 e. The summed E-state index contributed by atoms with van der Waals surface area (Å²) in [7, 11) is 0. The zero-order chi connectivity index (χ0) is 21.1. The van der Waals surface area contributed by atoms with Crippen molar-refractivity contribution in [1.29, 1.82) is 0 Å². The molecule has 150 valence electrons. The van der Waals surface area contributed by atoms with Crippen LogP contribution in [0.25, 0.3) is 60.9 Å². The van der Waals surface area contributed by atoms with E-state index in [0.29, 0.717) is 11.5 Å². The Hall–Kier alpha value is -4.44. The van der Waals surface area contributed by atoms with Gasteiger partial charge in [0.15, 0.2) is 5.58 Å². The van der Waals surface area contributed by atoms with Gasteiger partial charge in [0.2, 0.25) is 5.95 Å². The Morgan fingerprint density at radius 1 is 0.625 bits per heavy atom.